The summed E-state index contributed by atoms with van der Waals surface area (Å²) in [5.74, 6) is 0.290. The highest BCUT2D eigenvalue weighted by atomic mass is 16.5. The zero-order chi connectivity index (χ0) is 16.4. The molecular weight excluding hydrogens is 296 g/mol. The molecule has 2 aromatic heterocycles. The van der Waals surface area contributed by atoms with Crippen molar-refractivity contribution < 1.29 is 13.7 Å². The van der Waals surface area contributed by atoms with E-state index in [4.69, 9.17) is 8.94 Å². The van der Waals surface area contributed by atoms with Crippen LogP contribution in [0.2, 0.25) is 0 Å². The van der Waals surface area contributed by atoms with Crippen LogP contribution in [0.15, 0.2) is 44.1 Å². The van der Waals surface area contributed by atoms with Gasteiger partial charge in [0.15, 0.2) is 0 Å². The van der Waals surface area contributed by atoms with Crippen LogP contribution in [0, 0.1) is 13.8 Å². The predicted molar refractivity (Wildman–Crippen MR) is 84.5 cm³/mol. The third kappa shape index (κ3) is 3.01. The predicted octanol–water partition coefficient (Wildman–Crippen LogP) is 2.37. The highest BCUT2D eigenvalue weighted by Crippen LogP contribution is 2.13. The van der Waals surface area contributed by atoms with E-state index in [2.05, 4.69) is 10.5 Å². The topological polar surface area (TPSA) is 85.3 Å². The molecule has 0 fully saturated rings. The number of benzene rings is 1. The second-order valence-electron chi connectivity index (χ2n) is 5.29. The Labute approximate surface area is 132 Å². The lowest BCUT2D eigenvalue weighted by molar-refractivity contribution is 0.0950. The molecule has 23 heavy (non-hydrogen) atoms. The number of carbonyl (C=O) groups excluding carboxylic acids is 1. The van der Waals surface area contributed by atoms with Gasteiger partial charge in [0.2, 0.25) is 0 Å². The number of carbonyl (C=O) groups is 1. The van der Waals surface area contributed by atoms with Crippen molar-refractivity contribution in [1.29, 1.82) is 0 Å². The molecule has 0 spiro atoms. The van der Waals surface area contributed by atoms with Gasteiger partial charge in [-0.25, -0.2) is 4.79 Å². The molecule has 6 heteroatoms. The maximum atomic E-state index is 12.2. The number of fused-ring (bicyclic) bond motifs is 1. The van der Waals surface area contributed by atoms with E-state index >= 15 is 0 Å². The maximum absolute atomic E-state index is 12.2. The highest BCUT2D eigenvalue weighted by Gasteiger charge is 2.14. The summed E-state index contributed by atoms with van der Waals surface area (Å²) in [5.41, 5.74) is 1.60. The Balaban J connectivity index is 1.73. The molecule has 0 saturated carbocycles. The third-order valence-corrected chi connectivity index (χ3v) is 3.73. The van der Waals surface area contributed by atoms with Crippen molar-refractivity contribution in [3.63, 3.8) is 0 Å². The van der Waals surface area contributed by atoms with Crippen molar-refractivity contribution in [3.8, 4) is 0 Å². The van der Waals surface area contributed by atoms with Gasteiger partial charge in [0.1, 0.15) is 16.9 Å². The fraction of sp³-hybridized carbons (Fsp3) is 0.235. The smallest absolute Gasteiger partial charge is 0.349 e. The number of nitrogens with one attached hydrogen (secondary N) is 1. The Morgan fingerprint density at radius 1 is 1.26 bits per heavy atom. The number of aromatic nitrogens is 1. The summed E-state index contributed by atoms with van der Waals surface area (Å²) in [4.78, 5) is 24.1. The van der Waals surface area contributed by atoms with E-state index < -0.39 is 11.5 Å². The molecule has 0 unspecified atom stereocenters. The number of nitrogens with zero attached hydrogens (tertiary/aromatic N) is 1. The van der Waals surface area contributed by atoms with E-state index in [1.54, 1.807) is 24.3 Å². The minimum Gasteiger partial charge on any atom is -0.422 e. The first-order chi connectivity index (χ1) is 11.1. The maximum Gasteiger partial charge on any atom is 0.349 e. The first-order valence-corrected chi connectivity index (χ1v) is 7.29. The summed E-state index contributed by atoms with van der Waals surface area (Å²) in [6.07, 6.45) is 0.589. The number of rotatable bonds is 4. The Kier molecular flexibility index (Phi) is 3.97. The van der Waals surface area contributed by atoms with Gasteiger partial charge in [-0.05, 0) is 32.4 Å². The molecule has 0 aliphatic heterocycles. The molecule has 0 aliphatic rings. The van der Waals surface area contributed by atoms with Gasteiger partial charge in [0.25, 0.3) is 5.91 Å². The average molecular weight is 312 g/mol. The van der Waals surface area contributed by atoms with Gasteiger partial charge in [-0.2, -0.15) is 0 Å². The summed E-state index contributed by atoms with van der Waals surface area (Å²) < 4.78 is 10.2. The van der Waals surface area contributed by atoms with Gasteiger partial charge in [-0.3, -0.25) is 4.79 Å². The second-order valence-corrected chi connectivity index (χ2v) is 5.29. The van der Waals surface area contributed by atoms with Crippen molar-refractivity contribution in [2.75, 3.05) is 6.54 Å². The van der Waals surface area contributed by atoms with Gasteiger partial charge in [0.05, 0.1) is 5.69 Å². The normalized spacial score (nSPS) is 10.9. The minimum atomic E-state index is -0.640. The van der Waals surface area contributed by atoms with Crippen molar-refractivity contribution in [2.45, 2.75) is 20.3 Å². The van der Waals surface area contributed by atoms with E-state index in [0.29, 0.717) is 23.9 Å². The summed E-state index contributed by atoms with van der Waals surface area (Å²) in [6.45, 7) is 4.06. The molecule has 1 amide bonds. The van der Waals surface area contributed by atoms with Gasteiger partial charge in [0, 0.05) is 17.5 Å². The first-order valence-electron chi connectivity index (χ1n) is 7.29. The number of hydrogen-bond donors (Lipinski definition) is 1. The van der Waals surface area contributed by atoms with Crippen LogP contribution in [0.4, 0.5) is 0 Å². The Hall–Kier alpha value is -2.89. The van der Waals surface area contributed by atoms with Crippen LogP contribution < -0.4 is 10.9 Å². The number of amides is 1. The first kappa shape index (κ1) is 15.0. The van der Waals surface area contributed by atoms with Crippen LogP contribution in [0.1, 0.15) is 27.4 Å². The molecule has 118 valence electrons. The molecule has 0 saturated heterocycles. The summed E-state index contributed by atoms with van der Waals surface area (Å²) in [5, 5.41) is 7.31. The van der Waals surface area contributed by atoms with E-state index in [-0.39, 0.29) is 5.56 Å². The zero-order valence-corrected chi connectivity index (χ0v) is 12.9. The molecule has 3 aromatic rings. The Morgan fingerprint density at radius 2 is 2.04 bits per heavy atom. The quantitative estimate of drug-likeness (QED) is 0.748. The lowest BCUT2D eigenvalue weighted by Crippen LogP contribution is -2.30. The molecule has 2 heterocycles. The van der Waals surface area contributed by atoms with Crippen molar-refractivity contribution in [3.05, 3.63) is 63.3 Å². The third-order valence-electron chi connectivity index (χ3n) is 3.73. The molecule has 0 bridgehead atoms. The largest absolute Gasteiger partial charge is 0.422 e. The summed E-state index contributed by atoms with van der Waals surface area (Å²) in [6, 6.07) is 8.62. The van der Waals surface area contributed by atoms with Crippen molar-refractivity contribution in [2.24, 2.45) is 0 Å². The van der Waals surface area contributed by atoms with E-state index in [9.17, 15) is 9.59 Å². The molecule has 1 N–H and O–H groups in total. The Morgan fingerprint density at radius 3 is 2.78 bits per heavy atom. The monoisotopic (exact) mass is 312 g/mol. The van der Waals surface area contributed by atoms with Gasteiger partial charge in [-0.1, -0.05) is 23.4 Å². The van der Waals surface area contributed by atoms with Gasteiger partial charge in [-0.15, -0.1) is 0 Å². The van der Waals surface area contributed by atoms with Crippen LogP contribution in [0.25, 0.3) is 11.0 Å². The summed E-state index contributed by atoms with van der Waals surface area (Å²) in [7, 11) is 0. The molecule has 1 aromatic carbocycles. The average Bonchev–Trinajstić information content (AvgIpc) is 2.86. The SMILES string of the molecule is Cc1noc(C)c1CCNC(=O)c1cc2ccccc2oc1=O. The molecule has 6 nitrogen and oxygen atoms in total. The van der Waals surface area contributed by atoms with Gasteiger partial charge >= 0.3 is 5.63 Å². The van der Waals surface area contributed by atoms with E-state index in [1.807, 2.05) is 19.9 Å². The number of para-hydroxylation sites is 1. The number of hydrogen-bond acceptors (Lipinski definition) is 5. The standard InChI is InChI=1S/C17H16N2O4/c1-10-13(11(2)23-19-10)7-8-18-16(20)14-9-12-5-3-4-6-15(12)22-17(14)21/h3-6,9H,7-8H2,1-2H3,(H,18,20). The lowest BCUT2D eigenvalue weighted by atomic mass is 10.1. The lowest BCUT2D eigenvalue weighted by Gasteiger charge is -2.05. The van der Waals surface area contributed by atoms with Crippen LogP contribution in [0.3, 0.4) is 0 Å². The Bertz CT molecular complexity index is 904. The highest BCUT2D eigenvalue weighted by molar-refractivity contribution is 5.96. The molecular formula is C17H16N2O4. The summed E-state index contributed by atoms with van der Waals surface area (Å²) >= 11 is 0. The minimum absolute atomic E-state index is 0.00228. The zero-order valence-electron chi connectivity index (χ0n) is 12.9. The molecule has 3 rings (SSSR count). The second kappa shape index (κ2) is 6.08. The molecule has 0 radical (unpaired) electrons. The van der Waals surface area contributed by atoms with Crippen LogP contribution >= 0.6 is 0 Å². The number of aryl methyl sites for hydroxylation is 2. The molecule has 0 aliphatic carbocycles. The van der Waals surface area contributed by atoms with E-state index in [1.165, 1.54) is 0 Å². The van der Waals surface area contributed by atoms with Crippen LogP contribution in [0.5, 0.6) is 0 Å². The van der Waals surface area contributed by atoms with Crippen molar-refractivity contribution >= 4 is 16.9 Å². The molecule has 0 atom stereocenters. The van der Waals surface area contributed by atoms with Crippen LogP contribution in [-0.4, -0.2) is 17.6 Å². The van der Waals surface area contributed by atoms with Crippen LogP contribution in [-0.2, 0) is 6.42 Å². The fourth-order valence-electron chi connectivity index (χ4n) is 2.48. The van der Waals surface area contributed by atoms with E-state index in [0.717, 1.165) is 17.0 Å². The fourth-order valence-corrected chi connectivity index (χ4v) is 2.48. The van der Waals surface area contributed by atoms with Gasteiger partial charge < -0.3 is 14.3 Å². The van der Waals surface area contributed by atoms with Crippen molar-refractivity contribution in [1.82, 2.24) is 10.5 Å².